The third-order valence-corrected chi connectivity index (χ3v) is 5.12. The minimum absolute atomic E-state index is 0.347. The molecule has 9 heteroatoms. The molecule has 1 aromatic carbocycles. The molecule has 0 atom stereocenters. The average Bonchev–Trinajstić information content (AvgIpc) is 3.27. The zero-order valence-electron chi connectivity index (χ0n) is 16.4. The van der Waals surface area contributed by atoms with Crippen LogP contribution in [0.2, 0.25) is 0 Å². The van der Waals surface area contributed by atoms with E-state index >= 15 is 0 Å². The predicted molar refractivity (Wildman–Crippen MR) is 118 cm³/mol. The van der Waals surface area contributed by atoms with Crippen LogP contribution in [-0.2, 0) is 0 Å². The molecule has 3 heterocycles. The van der Waals surface area contributed by atoms with E-state index in [0.717, 1.165) is 33.9 Å². The molecule has 4 rings (SSSR count). The number of nitrogens with zero attached hydrogens (tertiary/aromatic N) is 3. The van der Waals surface area contributed by atoms with Gasteiger partial charge in [0.25, 0.3) is 0 Å². The lowest BCUT2D eigenvalue weighted by Crippen LogP contribution is -1.96. The fraction of sp³-hybridized carbons (Fsp3) is 0.0952. The van der Waals surface area contributed by atoms with Gasteiger partial charge in [-0.2, -0.15) is 0 Å². The average molecular weight is 423 g/mol. The topological polar surface area (TPSA) is 130 Å². The Hall–Kier alpha value is -3.40. The molecule has 0 aliphatic carbocycles. The van der Waals surface area contributed by atoms with E-state index in [1.54, 1.807) is 37.5 Å². The van der Waals surface area contributed by atoms with E-state index in [4.69, 9.17) is 26.0 Å². The summed E-state index contributed by atoms with van der Waals surface area (Å²) >= 11 is 1.70. The van der Waals surface area contributed by atoms with Crippen LogP contribution in [0, 0.1) is 0 Å². The van der Waals surface area contributed by atoms with Crippen LogP contribution in [0.5, 0.6) is 5.75 Å². The number of anilines is 1. The number of methoxy groups -OCH3 is 1. The first kappa shape index (κ1) is 21.3. The second-order valence-corrected chi connectivity index (χ2v) is 6.97. The maximum atomic E-state index is 6.00. The summed E-state index contributed by atoms with van der Waals surface area (Å²) in [6.45, 7) is 0. The van der Waals surface area contributed by atoms with E-state index in [0.29, 0.717) is 11.6 Å². The molecular weight excluding hydrogens is 402 g/mol. The molecular formula is C21H21N5O3S. The summed E-state index contributed by atoms with van der Waals surface area (Å²) < 4.78 is 5.34. The van der Waals surface area contributed by atoms with Gasteiger partial charge in [-0.05, 0) is 36.6 Å². The number of benzene rings is 1. The van der Waals surface area contributed by atoms with Gasteiger partial charge in [-0.15, -0.1) is 11.8 Å². The highest BCUT2D eigenvalue weighted by Crippen LogP contribution is 2.35. The van der Waals surface area contributed by atoms with Crippen molar-refractivity contribution in [2.24, 2.45) is 0 Å². The molecule has 0 fully saturated rings. The summed E-state index contributed by atoms with van der Waals surface area (Å²) in [5.74, 6) is 1.65. The quantitative estimate of drug-likeness (QED) is 0.209. The van der Waals surface area contributed by atoms with Crippen molar-refractivity contribution in [2.45, 2.75) is 4.90 Å². The van der Waals surface area contributed by atoms with Crippen LogP contribution in [0.4, 0.5) is 5.82 Å². The van der Waals surface area contributed by atoms with Gasteiger partial charge in [-0.3, -0.25) is 15.5 Å². The first-order valence-electron chi connectivity index (χ1n) is 8.84. The van der Waals surface area contributed by atoms with E-state index in [-0.39, 0.29) is 0 Å². The Balaban J connectivity index is 0.00000124. The molecule has 0 amide bonds. The number of pyridine rings is 2. The highest BCUT2D eigenvalue weighted by Gasteiger charge is 2.17. The molecule has 0 aliphatic rings. The number of ether oxygens (including phenoxy) is 1. The smallest absolute Gasteiger partial charge is 0.166 e. The molecule has 0 bridgehead atoms. The van der Waals surface area contributed by atoms with Crippen LogP contribution in [0.15, 0.2) is 66.0 Å². The molecule has 5 N–H and O–H groups in total. The zero-order chi connectivity index (χ0) is 21.5. The molecule has 0 aliphatic heterocycles. The highest BCUT2D eigenvalue weighted by atomic mass is 32.2. The minimum atomic E-state index is 0.347. The minimum Gasteiger partial charge on any atom is -0.493 e. The molecule has 0 unspecified atom stereocenters. The number of aromatic amines is 1. The van der Waals surface area contributed by atoms with Gasteiger partial charge in [0.1, 0.15) is 5.82 Å². The van der Waals surface area contributed by atoms with Gasteiger partial charge in [0.15, 0.2) is 11.6 Å². The maximum absolute atomic E-state index is 6.00. The third-order valence-electron chi connectivity index (χ3n) is 4.39. The normalized spacial score (nSPS) is 10.3. The molecule has 30 heavy (non-hydrogen) atoms. The molecule has 0 saturated carbocycles. The van der Waals surface area contributed by atoms with Crippen molar-refractivity contribution < 1.29 is 15.3 Å². The van der Waals surface area contributed by atoms with E-state index < -0.39 is 0 Å². The second kappa shape index (κ2) is 9.88. The van der Waals surface area contributed by atoms with E-state index in [1.807, 2.05) is 30.3 Å². The largest absolute Gasteiger partial charge is 0.493 e. The Kier molecular flexibility index (Phi) is 7.02. The number of hydrogen-bond donors (Lipinski definition) is 4. The SMILES string of the molecule is COc1cc(-c2nc(-c3cccc(SC)c3)[nH]c2-c2ccncc2)cnc1N.OO. The number of rotatable bonds is 5. The van der Waals surface area contributed by atoms with Gasteiger partial charge >= 0.3 is 0 Å². The molecule has 3 aromatic heterocycles. The van der Waals surface area contributed by atoms with Crippen LogP contribution in [0.3, 0.4) is 0 Å². The van der Waals surface area contributed by atoms with Crippen LogP contribution < -0.4 is 10.5 Å². The number of hydrogen-bond acceptors (Lipinski definition) is 8. The highest BCUT2D eigenvalue weighted by molar-refractivity contribution is 7.98. The van der Waals surface area contributed by atoms with Crippen molar-refractivity contribution >= 4 is 17.6 Å². The van der Waals surface area contributed by atoms with Gasteiger partial charge < -0.3 is 15.5 Å². The summed E-state index contributed by atoms with van der Waals surface area (Å²) in [7, 11) is 1.57. The van der Waals surface area contributed by atoms with Crippen molar-refractivity contribution in [1.29, 1.82) is 0 Å². The monoisotopic (exact) mass is 423 g/mol. The zero-order valence-corrected chi connectivity index (χ0v) is 17.2. The molecule has 0 saturated heterocycles. The number of nitrogens with one attached hydrogen (secondary N) is 1. The number of nitrogens with two attached hydrogens (primary N) is 1. The van der Waals surface area contributed by atoms with Crippen LogP contribution >= 0.6 is 11.8 Å². The van der Waals surface area contributed by atoms with E-state index in [1.165, 1.54) is 4.90 Å². The van der Waals surface area contributed by atoms with Gasteiger partial charge in [0.05, 0.1) is 18.5 Å². The lowest BCUT2D eigenvalue weighted by molar-refractivity contribution is -0.176. The lowest BCUT2D eigenvalue weighted by Gasteiger charge is -2.07. The number of nitrogen functional groups attached to an aromatic ring is 1. The second-order valence-electron chi connectivity index (χ2n) is 6.09. The summed E-state index contributed by atoms with van der Waals surface area (Å²) in [6.07, 6.45) is 7.29. The van der Waals surface area contributed by atoms with Crippen LogP contribution in [0.1, 0.15) is 0 Å². The fourth-order valence-electron chi connectivity index (χ4n) is 2.96. The molecule has 154 valence electrons. The summed E-state index contributed by atoms with van der Waals surface area (Å²) in [4.78, 5) is 17.9. The number of imidazole rings is 1. The van der Waals surface area contributed by atoms with Crippen molar-refractivity contribution in [3.8, 4) is 39.7 Å². The van der Waals surface area contributed by atoms with Crippen molar-refractivity contribution in [3.63, 3.8) is 0 Å². The van der Waals surface area contributed by atoms with Crippen LogP contribution in [0.25, 0.3) is 33.9 Å². The molecule has 8 nitrogen and oxygen atoms in total. The number of thioether (sulfide) groups is 1. The van der Waals surface area contributed by atoms with Crippen molar-refractivity contribution in [3.05, 3.63) is 61.1 Å². The number of aromatic nitrogens is 4. The van der Waals surface area contributed by atoms with Gasteiger partial charge in [0, 0.05) is 40.2 Å². The Bertz CT molecular complexity index is 1120. The van der Waals surface area contributed by atoms with Crippen molar-refractivity contribution in [2.75, 3.05) is 19.1 Å². The van der Waals surface area contributed by atoms with E-state index in [9.17, 15) is 0 Å². The maximum Gasteiger partial charge on any atom is 0.166 e. The molecule has 0 radical (unpaired) electrons. The Labute approximate surface area is 177 Å². The standard InChI is InChI=1S/C21H19N5OS.H2O2/c1-27-17-11-15(12-24-20(17)22)19-18(13-6-8-23-9-7-13)25-21(26-19)14-4-3-5-16(10-14)28-2;1-2/h3-12H,1-2H3,(H2,22,24)(H,25,26);1-2H. The van der Waals surface area contributed by atoms with Gasteiger partial charge in [-0.1, -0.05) is 12.1 Å². The Morgan fingerprint density at radius 3 is 2.50 bits per heavy atom. The van der Waals surface area contributed by atoms with E-state index in [2.05, 4.69) is 33.3 Å². The first-order chi connectivity index (χ1) is 14.7. The lowest BCUT2D eigenvalue weighted by atomic mass is 10.1. The summed E-state index contributed by atoms with van der Waals surface area (Å²) in [5, 5.41) is 12.0. The number of H-pyrrole nitrogens is 1. The first-order valence-corrected chi connectivity index (χ1v) is 10.1. The molecule has 4 aromatic rings. The predicted octanol–water partition coefficient (Wildman–Crippen LogP) is 4.53. The Morgan fingerprint density at radius 2 is 1.80 bits per heavy atom. The molecule has 0 spiro atoms. The Morgan fingerprint density at radius 1 is 1.03 bits per heavy atom. The van der Waals surface area contributed by atoms with Gasteiger partial charge in [-0.25, -0.2) is 9.97 Å². The third kappa shape index (κ3) is 4.43. The van der Waals surface area contributed by atoms with Crippen molar-refractivity contribution in [1.82, 2.24) is 19.9 Å². The van der Waals surface area contributed by atoms with Gasteiger partial charge in [0.2, 0.25) is 0 Å². The summed E-state index contributed by atoms with van der Waals surface area (Å²) in [5.41, 5.74) is 10.4. The summed E-state index contributed by atoms with van der Waals surface area (Å²) in [6, 6.07) is 14.0. The fourth-order valence-corrected chi connectivity index (χ4v) is 3.42. The van der Waals surface area contributed by atoms with Crippen LogP contribution in [-0.4, -0.2) is 43.8 Å².